The molecule has 7 atom stereocenters. The van der Waals surface area contributed by atoms with E-state index in [1.54, 1.807) is 0 Å². The van der Waals surface area contributed by atoms with Gasteiger partial charge in [0.1, 0.15) is 12.2 Å². The van der Waals surface area contributed by atoms with Crippen LogP contribution in [-0.2, 0) is 27.9 Å². The number of hydrogen-bond donors (Lipinski definition) is 0. The fourth-order valence-corrected chi connectivity index (χ4v) is 9.87. The minimum atomic E-state index is -2.05. The minimum Gasteiger partial charge on any atom is -0.462 e. The third-order valence-electron chi connectivity index (χ3n) is 11.9. The van der Waals surface area contributed by atoms with Crippen molar-refractivity contribution in [3.05, 3.63) is 23.8 Å². The maximum Gasteiger partial charge on any atom is 0.309 e. The molecule has 0 spiro atoms. The molecule has 46 heavy (non-hydrogen) atoms. The van der Waals surface area contributed by atoms with Gasteiger partial charge in [0.2, 0.25) is 0 Å². The largest absolute Gasteiger partial charge is 0.462 e. The predicted molar refractivity (Wildman–Crippen MR) is 194 cm³/mol. The summed E-state index contributed by atoms with van der Waals surface area (Å²) in [5.41, 5.74) is 1.22. The molecule has 0 bridgehead atoms. The van der Waals surface area contributed by atoms with Gasteiger partial charge < -0.3 is 18.3 Å². The topological polar surface area (TPSA) is 71.1 Å². The first-order valence-electron chi connectivity index (χ1n) is 18.1. The van der Waals surface area contributed by atoms with Crippen molar-refractivity contribution in [2.45, 2.75) is 169 Å². The van der Waals surface area contributed by atoms with Crippen LogP contribution in [0.5, 0.6) is 0 Å². The summed E-state index contributed by atoms with van der Waals surface area (Å²) < 4.78 is 26.1. The van der Waals surface area contributed by atoms with E-state index in [1.165, 1.54) is 5.57 Å². The Balaban J connectivity index is 1.87. The summed E-state index contributed by atoms with van der Waals surface area (Å²) in [4.78, 5) is 26.6. The monoisotopic (exact) mass is 676 g/mol. The number of rotatable bonds is 11. The van der Waals surface area contributed by atoms with Gasteiger partial charge in [0.05, 0.1) is 24.5 Å². The Bertz CT molecular complexity index is 1120. The van der Waals surface area contributed by atoms with Gasteiger partial charge in [-0.25, -0.2) is 0 Å². The number of esters is 2. The smallest absolute Gasteiger partial charge is 0.309 e. The standard InChI is InChI=1S/C38H68O6Si2/c1-24(2)34(25(3)4)36(40)42-32-22-29(43-45(12,13)37(6,7)8)20-27-17-16-26(5)31(35(27)32)19-18-28-21-30(23-33(39)41-28)44-46(14,15)38(9,10)11/h16-17,20,24-26,28-32,34-35H,18-19,21-23H2,1-15H3/t26-,28+,29+,30+,31-,32-,35-/m0/s1. The molecule has 0 unspecified atom stereocenters. The van der Waals surface area contributed by atoms with Gasteiger partial charge in [-0.15, -0.1) is 0 Å². The zero-order valence-electron chi connectivity index (χ0n) is 32.0. The molecule has 8 heteroatoms. The fourth-order valence-electron chi connectivity index (χ4n) is 7.23. The number of cyclic esters (lactones) is 1. The highest BCUT2D eigenvalue weighted by Crippen LogP contribution is 2.47. The molecular formula is C38H68O6Si2. The maximum atomic E-state index is 13.8. The van der Waals surface area contributed by atoms with E-state index in [0.29, 0.717) is 18.8 Å². The molecule has 0 amide bonds. The van der Waals surface area contributed by atoms with Crippen LogP contribution >= 0.6 is 0 Å². The Morgan fingerprint density at radius 2 is 1.48 bits per heavy atom. The number of carbonyl (C=O) groups is 2. The van der Waals surface area contributed by atoms with Crippen molar-refractivity contribution in [3.63, 3.8) is 0 Å². The van der Waals surface area contributed by atoms with E-state index in [4.69, 9.17) is 18.3 Å². The molecule has 264 valence electrons. The fraction of sp³-hybridized carbons (Fsp3) is 0.842. The normalized spacial score (nSPS) is 29.6. The van der Waals surface area contributed by atoms with Crippen molar-refractivity contribution < 1.29 is 27.9 Å². The number of ether oxygens (including phenoxy) is 2. The van der Waals surface area contributed by atoms with Crippen molar-refractivity contribution in [2.24, 2.45) is 35.5 Å². The van der Waals surface area contributed by atoms with Gasteiger partial charge in [-0.05, 0) is 78.4 Å². The van der Waals surface area contributed by atoms with Crippen LogP contribution in [-0.4, -0.2) is 53.0 Å². The number of allylic oxidation sites excluding steroid dienone is 2. The summed E-state index contributed by atoms with van der Waals surface area (Å²) in [7, 11) is -4.06. The second-order valence-corrected chi connectivity index (χ2v) is 27.9. The summed E-state index contributed by atoms with van der Waals surface area (Å²) >= 11 is 0. The molecule has 2 aliphatic carbocycles. The third kappa shape index (κ3) is 9.47. The molecule has 0 aromatic rings. The summed E-state index contributed by atoms with van der Waals surface area (Å²) in [6.45, 7) is 33.3. The van der Waals surface area contributed by atoms with E-state index in [9.17, 15) is 9.59 Å². The van der Waals surface area contributed by atoms with Gasteiger partial charge in [-0.3, -0.25) is 9.59 Å². The van der Waals surface area contributed by atoms with Crippen LogP contribution in [0.1, 0.15) is 108 Å². The lowest BCUT2D eigenvalue weighted by atomic mass is 9.66. The first-order chi connectivity index (χ1) is 20.9. The molecule has 1 saturated heterocycles. The molecule has 1 heterocycles. The molecule has 0 radical (unpaired) electrons. The van der Waals surface area contributed by atoms with E-state index < -0.39 is 16.6 Å². The van der Waals surface area contributed by atoms with Gasteiger partial charge >= 0.3 is 11.9 Å². The molecule has 1 fully saturated rings. The zero-order valence-corrected chi connectivity index (χ0v) is 34.0. The molecule has 3 aliphatic rings. The number of carbonyl (C=O) groups excluding carboxylic acids is 2. The SMILES string of the molecule is CC(C)C(C(=O)O[C@H]1C[C@H](O[Si](C)(C)C(C)(C)C)C=C2C=C[C@H](C)[C@H](CC[C@@H]3C[C@@H](O[Si](C)(C)C(C)(C)C)CC(=O)O3)[C@H]21)C(C)C. The van der Waals surface area contributed by atoms with Crippen molar-refractivity contribution in [3.8, 4) is 0 Å². The maximum absolute atomic E-state index is 13.8. The summed E-state index contributed by atoms with van der Waals surface area (Å²) in [6, 6.07) is 0. The van der Waals surface area contributed by atoms with E-state index in [1.807, 2.05) is 0 Å². The highest BCUT2D eigenvalue weighted by Gasteiger charge is 2.47. The van der Waals surface area contributed by atoms with E-state index in [2.05, 4.69) is 121 Å². The van der Waals surface area contributed by atoms with Crippen LogP contribution in [0.4, 0.5) is 0 Å². The van der Waals surface area contributed by atoms with E-state index in [0.717, 1.165) is 19.3 Å². The molecular weight excluding hydrogens is 609 g/mol. The third-order valence-corrected chi connectivity index (χ3v) is 20.9. The number of fused-ring (bicyclic) bond motifs is 1. The quantitative estimate of drug-likeness (QED) is 0.160. The average molecular weight is 677 g/mol. The highest BCUT2D eigenvalue weighted by atomic mass is 28.4. The molecule has 3 rings (SSSR count). The van der Waals surface area contributed by atoms with Gasteiger partial charge in [-0.1, -0.05) is 94.4 Å². The minimum absolute atomic E-state index is 0.0813. The molecule has 0 aromatic carbocycles. The summed E-state index contributed by atoms with van der Waals surface area (Å²) in [6.07, 6.45) is 9.69. The van der Waals surface area contributed by atoms with Crippen LogP contribution in [0.3, 0.4) is 0 Å². The highest BCUT2D eigenvalue weighted by molar-refractivity contribution is 6.74. The van der Waals surface area contributed by atoms with E-state index in [-0.39, 0.29) is 76.0 Å². The van der Waals surface area contributed by atoms with E-state index >= 15 is 0 Å². The molecule has 0 aromatic heterocycles. The van der Waals surface area contributed by atoms with Gasteiger partial charge in [-0.2, -0.15) is 0 Å². The summed E-state index contributed by atoms with van der Waals surface area (Å²) in [5, 5.41) is 0.165. The van der Waals surface area contributed by atoms with Crippen molar-refractivity contribution in [1.29, 1.82) is 0 Å². The first kappa shape index (κ1) is 39.2. The zero-order chi connectivity index (χ0) is 35.0. The molecule has 0 saturated carbocycles. The van der Waals surface area contributed by atoms with Gasteiger partial charge in [0.15, 0.2) is 16.6 Å². The number of hydrogen-bond acceptors (Lipinski definition) is 6. The Morgan fingerprint density at radius 1 is 0.913 bits per heavy atom. The van der Waals surface area contributed by atoms with Crippen LogP contribution in [0.15, 0.2) is 23.8 Å². The van der Waals surface area contributed by atoms with Crippen LogP contribution in [0.25, 0.3) is 0 Å². The second kappa shape index (κ2) is 14.7. The Hall–Kier alpha value is -1.23. The lowest BCUT2D eigenvalue weighted by Gasteiger charge is -2.46. The molecule has 6 nitrogen and oxygen atoms in total. The lowest BCUT2D eigenvalue weighted by Crippen LogP contribution is -2.49. The summed E-state index contributed by atoms with van der Waals surface area (Å²) in [5.74, 6) is 0.675. The predicted octanol–water partition coefficient (Wildman–Crippen LogP) is 9.86. The van der Waals surface area contributed by atoms with Crippen molar-refractivity contribution in [2.75, 3.05) is 0 Å². The first-order valence-corrected chi connectivity index (χ1v) is 23.9. The average Bonchev–Trinajstić information content (AvgIpc) is 2.85. The Labute approximate surface area is 284 Å². The van der Waals surface area contributed by atoms with Crippen molar-refractivity contribution in [1.82, 2.24) is 0 Å². The van der Waals surface area contributed by atoms with Crippen LogP contribution in [0.2, 0.25) is 36.3 Å². The van der Waals surface area contributed by atoms with Gasteiger partial charge in [0, 0.05) is 18.8 Å². The van der Waals surface area contributed by atoms with Crippen LogP contribution < -0.4 is 0 Å². The second-order valence-electron chi connectivity index (χ2n) is 18.3. The van der Waals surface area contributed by atoms with Gasteiger partial charge in [0.25, 0.3) is 0 Å². The lowest BCUT2D eigenvalue weighted by molar-refractivity contribution is -0.164. The van der Waals surface area contributed by atoms with Crippen LogP contribution in [0, 0.1) is 35.5 Å². The van der Waals surface area contributed by atoms with Crippen molar-refractivity contribution >= 4 is 28.6 Å². The Morgan fingerprint density at radius 3 is 2.02 bits per heavy atom. The molecule has 1 aliphatic heterocycles. The Kier molecular flexibility index (Phi) is 12.5. The molecule has 0 N–H and O–H groups in total.